The lowest BCUT2D eigenvalue weighted by molar-refractivity contribution is -0.122. The SMILES string of the molecule is COc1ccc(CCNC(=O)CN(C)CC(=O)Nc2cc(Cl)ccc2OC)cc1. The molecule has 156 valence electrons. The summed E-state index contributed by atoms with van der Waals surface area (Å²) in [6, 6.07) is 12.7. The Hall–Kier alpha value is -2.77. The summed E-state index contributed by atoms with van der Waals surface area (Å²) in [5, 5.41) is 6.10. The number of ether oxygens (including phenoxy) is 2. The molecule has 0 aliphatic heterocycles. The van der Waals surface area contributed by atoms with Gasteiger partial charge in [-0.3, -0.25) is 14.5 Å². The Morgan fingerprint density at radius 1 is 1.00 bits per heavy atom. The highest BCUT2D eigenvalue weighted by Crippen LogP contribution is 2.27. The maximum absolute atomic E-state index is 12.2. The molecular weight excluding hydrogens is 394 g/mol. The highest BCUT2D eigenvalue weighted by molar-refractivity contribution is 6.31. The molecule has 2 aromatic rings. The molecule has 0 spiro atoms. The Morgan fingerprint density at radius 3 is 2.34 bits per heavy atom. The number of nitrogens with zero attached hydrogens (tertiary/aromatic N) is 1. The molecular formula is C21H26ClN3O4. The molecule has 0 fully saturated rings. The highest BCUT2D eigenvalue weighted by Gasteiger charge is 2.13. The second-order valence-corrected chi connectivity index (χ2v) is 6.95. The lowest BCUT2D eigenvalue weighted by Gasteiger charge is -2.17. The molecule has 2 N–H and O–H groups in total. The molecule has 0 saturated carbocycles. The summed E-state index contributed by atoms with van der Waals surface area (Å²) in [4.78, 5) is 26.0. The molecule has 0 atom stereocenters. The van der Waals surface area contributed by atoms with Crippen molar-refractivity contribution in [2.75, 3.05) is 46.2 Å². The van der Waals surface area contributed by atoms with Gasteiger partial charge >= 0.3 is 0 Å². The van der Waals surface area contributed by atoms with Crippen LogP contribution in [0.1, 0.15) is 5.56 Å². The number of likely N-dealkylation sites (N-methyl/N-ethyl adjacent to an activating group) is 1. The lowest BCUT2D eigenvalue weighted by atomic mass is 10.1. The van der Waals surface area contributed by atoms with Crippen LogP contribution in [-0.2, 0) is 16.0 Å². The number of methoxy groups -OCH3 is 2. The Labute approximate surface area is 175 Å². The predicted octanol–water partition coefficient (Wildman–Crippen LogP) is 2.59. The first-order valence-corrected chi connectivity index (χ1v) is 9.50. The van der Waals surface area contributed by atoms with Crippen molar-refractivity contribution in [3.05, 3.63) is 53.1 Å². The van der Waals surface area contributed by atoms with Gasteiger partial charge in [0, 0.05) is 11.6 Å². The van der Waals surface area contributed by atoms with Crippen molar-refractivity contribution in [2.24, 2.45) is 0 Å². The van der Waals surface area contributed by atoms with E-state index < -0.39 is 0 Å². The number of hydrogen-bond acceptors (Lipinski definition) is 5. The zero-order chi connectivity index (χ0) is 21.2. The van der Waals surface area contributed by atoms with Crippen LogP contribution in [0.15, 0.2) is 42.5 Å². The average molecular weight is 420 g/mol. The lowest BCUT2D eigenvalue weighted by Crippen LogP contribution is -2.39. The van der Waals surface area contributed by atoms with Crippen LogP contribution >= 0.6 is 11.6 Å². The van der Waals surface area contributed by atoms with Crippen molar-refractivity contribution in [2.45, 2.75) is 6.42 Å². The number of carbonyl (C=O) groups is 2. The first-order chi connectivity index (χ1) is 13.9. The number of nitrogens with one attached hydrogen (secondary N) is 2. The number of benzene rings is 2. The topological polar surface area (TPSA) is 79.9 Å². The number of carbonyl (C=O) groups excluding carboxylic acids is 2. The zero-order valence-corrected chi connectivity index (χ0v) is 17.6. The van der Waals surface area contributed by atoms with E-state index in [9.17, 15) is 9.59 Å². The Morgan fingerprint density at radius 2 is 1.69 bits per heavy atom. The third kappa shape index (κ3) is 7.63. The minimum Gasteiger partial charge on any atom is -0.497 e. The number of hydrogen-bond donors (Lipinski definition) is 2. The molecule has 0 aromatic heterocycles. The molecule has 2 aromatic carbocycles. The number of rotatable bonds is 10. The van der Waals surface area contributed by atoms with Gasteiger partial charge in [0.05, 0.1) is 33.0 Å². The van der Waals surface area contributed by atoms with Gasteiger partial charge in [-0.1, -0.05) is 23.7 Å². The van der Waals surface area contributed by atoms with Gasteiger partial charge in [0.2, 0.25) is 11.8 Å². The summed E-state index contributed by atoms with van der Waals surface area (Å²) in [5.74, 6) is 0.906. The van der Waals surface area contributed by atoms with Crippen LogP contribution < -0.4 is 20.1 Å². The van der Waals surface area contributed by atoms with Crippen LogP contribution in [0, 0.1) is 0 Å². The van der Waals surface area contributed by atoms with Crippen LogP contribution in [0.3, 0.4) is 0 Å². The van der Waals surface area contributed by atoms with Crippen molar-refractivity contribution >= 4 is 29.1 Å². The third-order valence-electron chi connectivity index (χ3n) is 4.16. The fourth-order valence-electron chi connectivity index (χ4n) is 2.71. The van der Waals surface area contributed by atoms with Crippen molar-refractivity contribution < 1.29 is 19.1 Å². The minimum atomic E-state index is -0.265. The van der Waals surface area contributed by atoms with Gasteiger partial charge < -0.3 is 20.1 Å². The van der Waals surface area contributed by atoms with Crippen molar-refractivity contribution in [1.29, 1.82) is 0 Å². The quantitative estimate of drug-likeness (QED) is 0.618. The van der Waals surface area contributed by atoms with Gasteiger partial charge in [0.1, 0.15) is 11.5 Å². The van der Waals surface area contributed by atoms with Gasteiger partial charge in [-0.15, -0.1) is 0 Å². The molecule has 0 bridgehead atoms. The maximum atomic E-state index is 12.2. The van der Waals surface area contributed by atoms with E-state index in [1.165, 1.54) is 7.11 Å². The van der Waals surface area contributed by atoms with E-state index in [-0.39, 0.29) is 24.9 Å². The van der Waals surface area contributed by atoms with Crippen molar-refractivity contribution in [1.82, 2.24) is 10.2 Å². The monoisotopic (exact) mass is 419 g/mol. The molecule has 7 nitrogen and oxygen atoms in total. The first-order valence-electron chi connectivity index (χ1n) is 9.13. The molecule has 8 heteroatoms. The summed E-state index contributed by atoms with van der Waals surface area (Å²) in [5.41, 5.74) is 1.59. The standard InChI is InChI=1S/C21H26ClN3O4/c1-25(14-21(27)24-18-12-16(22)6-9-19(18)29-3)13-20(26)23-11-10-15-4-7-17(28-2)8-5-15/h4-9,12H,10-11,13-14H2,1-3H3,(H,23,26)(H,24,27). The molecule has 0 aliphatic rings. The van der Waals surface area contributed by atoms with E-state index in [1.54, 1.807) is 37.3 Å². The second-order valence-electron chi connectivity index (χ2n) is 6.51. The van der Waals surface area contributed by atoms with Gasteiger partial charge in [-0.05, 0) is 49.4 Å². The number of amides is 2. The fraction of sp³-hybridized carbons (Fsp3) is 0.333. The Kier molecular flexibility index (Phi) is 8.76. The van der Waals surface area contributed by atoms with Crippen LogP contribution in [0.4, 0.5) is 5.69 Å². The van der Waals surface area contributed by atoms with Gasteiger partial charge in [0.25, 0.3) is 0 Å². The summed E-state index contributed by atoms with van der Waals surface area (Å²) >= 11 is 5.96. The highest BCUT2D eigenvalue weighted by atomic mass is 35.5. The van der Waals surface area contributed by atoms with Crippen LogP contribution in [0.25, 0.3) is 0 Å². The normalized spacial score (nSPS) is 10.5. The molecule has 0 unspecified atom stereocenters. The maximum Gasteiger partial charge on any atom is 0.238 e. The number of anilines is 1. The Bertz CT molecular complexity index is 827. The summed E-state index contributed by atoms with van der Waals surface area (Å²) in [7, 11) is 4.84. The molecule has 0 saturated heterocycles. The van der Waals surface area contributed by atoms with E-state index in [2.05, 4.69) is 10.6 Å². The zero-order valence-electron chi connectivity index (χ0n) is 16.8. The van der Waals surface area contributed by atoms with Gasteiger partial charge in [0.15, 0.2) is 0 Å². The van der Waals surface area contributed by atoms with Crippen LogP contribution in [-0.4, -0.2) is 57.6 Å². The molecule has 0 radical (unpaired) electrons. The molecule has 0 aliphatic carbocycles. The van der Waals surface area contributed by atoms with Crippen molar-refractivity contribution in [3.8, 4) is 11.5 Å². The van der Waals surface area contributed by atoms with E-state index in [1.807, 2.05) is 24.3 Å². The Balaban J connectivity index is 1.73. The largest absolute Gasteiger partial charge is 0.497 e. The summed E-state index contributed by atoms with van der Waals surface area (Å²) in [6.07, 6.45) is 0.717. The van der Waals surface area contributed by atoms with Crippen LogP contribution in [0.2, 0.25) is 5.02 Å². The predicted molar refractivity (Wildman–Crippen MR) is 114 cm³/mol. The molecule has 2 amide bonds. The van der Waals surface area contributed by atoms with Gasteiger partial charge in [-0.2, -0.15) is 0 Å². The van der Waals surface area contributed by atoms with Crippen molar-refractivity contribution in [3.63, 3.8) is 0 Å². The smallest absolute Gasteiger partial charge is 0.238 e. The van der Waals surface area contributed by atoms with Gasteiger partial charge in [-0.25, -0.2) is 0 Å². The minimum absolute atomic E-state index is 0.0571. The summed E-state index contributed by atoms with van der Waals surface area (Å²) < 4.78 is 10.3. The van der Waals surface area contributed by atoms with Crippen LogP contribution in [0.5, 0.6) is 11.5 Å². The number of halogens is 1. The third-order valence-corrected chi connectivity index (χ3v) is 4.39. The van der Waals surface area contributed by atoms with E-state index in [0.29, 0.717) is 29.4 Å². The molecule has 2 rings (SSSR count). The van der Waals surface area contributed by atoms with E-state index in [4.69, 9.17) is 21.1 Å². The second kappa shape index (κ2) is 11.3. The molecule has 0 heterocycles. The molecule has 29 heavy (non-hydrogen) atoms. The van der Waals surface area contributed by atoms with E-state index in [0.717, 1.165) is 11.3 Å². The summed E-state index contributed by atoms with van der Waals surface area (Å²) in [6.45, 7) is 0.690. The first kappa shape index (κ1) is 22.5. The fourth-order valence-corrected chi connectivity index (χ4v) is 2.88. The average Bonchev–Trinajstić information content (AvgIpc) is 2.68. The van der Waals surface area contributed by atoms with E-state index >= 15 is 0 Å².